The van der Waals surface area contributed by atoms with Crippen molar-refractivity contribution in [2.45, 2.75) is 12.3 Å². The van der Waals surface area contributed by atoms with Crippen LogP contribution in [0.15, 0.2) is 45.9 Å². The van der Waals surface area contributed by atoms with E-state index in [1.165, 1.54) is 6.26 Å². The monoisotopic (exact) mass is 281 g/mol. The average molecular weight is 281 g/mol. The number of nitrogens with zero attached hydrogens (tertiary/aromatic N) is 1. The lowest BCUT2D eigenvalue weighted by Crippen LogP contribution is -2.26. The number of carbonyl (C=O) groups is 1. The molecule has 6 heteroatoms. The number of para-hydroxylation sites is 1. The number of hydrogen-bond acceptors (Lipinski definition) is 4. The van der Waals surface area contributed by atoms with Gasteiger partial charge < -0.3 is 9.73 Å². The van der Waals surface area contributed by atoms with Gasteiger partial charge in [0.15, 0.2) is 5.43 Å². The van der Waals surface area contributed by atoms with E-state index in [0.717, 1.165) is 5.56 Å². The van der Waals surface area contributed by atoms with Gasteiger partial charge in [-0.3, -0.25) is 14.7 Å². The third kappa shape index (κ3) is 1.76. The van der Waals surface area contributed by atoms with Crippen molar-refractivity contribution in [1.82, 2.24) is 10.2 Å². The number of fused-ring (bicyclic) bond motifs is 2. The van der Waals surface area contributed by atoms with Gasteiger partial charge in [0, 0.05) is 23.5 Å². The summed E-state index contributed by atoms with van der Waals surface area (Å²) >= 11 is 0. The Morgan fingerprint density at radius 3 is 2.95 bits per heavy atom. The van der Waals surface area contributed by atoms with Gasteiger partial charge in [-0.15, -0.1) is 0 Å². The molecule has 0 bridgehead atoms. The quantitative estimate of drug-likeness (QED) is 0.714. The number of anilines is 1. The smallest absolute Gasteiger partial charge is 0.226 e. The number of rotatable bonds is 1. The molecule has 1 atom stereocenters. The molecule has 1 amide bonds. The number of aromatic nitrogens is 2. The SMILES string of the molecule is O=C1CC(c2coc3ccccc3c2=O)c2cn[nH]c2N1. The lowest BCUT2D eigenvalue weighted by atomic mass is 9.88. The number of nitrogens with one attached hydrogen (secondary N) is 2. The van der Waals surface area contributed by atoms with Crippen LogP contribution in [0.1, 0.15) is 23.5 Å². The second-order valence-corrected chi connectivity index (χ2v) is 5.02. The Hall–Kier alpha value is -2.89. The van der Waals surface area contributed by atoms with Crippen LogP contribution in [0.3, 0.4) is 0 Å². The zero-order valence-corrected chi connectivity index (χ0v) is 10.9. The first-order valence-corrected chi connectivity index (χ1v) is 6.57. The normalized spacial score (nSPS) is 17.5. The van der Waals surface area contributed by atoms with E-state index in [0.29, 0.717) is 22.4 Å². The van der Waals surface area contributed by atoms with E-state index in [4.69, 9.17) is 4.42 Å². The largest absolute Gasteiger partial charge is 0.464 e. The van der Waals surface area contributed by atoms with Crippen LogP contribution in [-0.2, 0) is 4.79 Å². The minimum absolute atomic E-state index is 0.108. The lowest BCUT2D eigenvalue weighted by Gasteiger charge is -2.21. The van der Waals surface area contributed by atoms with Crippen LogP contribution in [0.5, 0.6) is 0 Å². The van der Waals surface area contributed by atoms with Crippen LogP contribution in [0.4, 0.5) is 5.82 Å². The van der Waals surface area contributed by atoms with Crippen LogP contribution in [0, 0.1) is 0 Å². The summed E-state index contributed by atoms with van der Waals surface area (Å²) in [5.74, 6) is 0.0569. The first-order valence-electron chi connectivity index (χ1n) is 6.57. The maximum Gasteiger partial charge on any atom is 0.226 e. The van der Waals surface area contributed by atoms with E-state index >= 15 is 0 Å². The maximum absolute atomic E-state index is 12.6. The Labute approximate surface area is 118 Å². The fraction of sp³-hybridized carbons (Fsp3) is 0.133. The van der Waals surface area contributed by atoms with E-state index in [-0.39, 0.29) is 23.7 Å². The van der Waals surface area contributed by atoms with Crippen molar-refractivity contribution in [1.29, 1.82) is 0 Å². The molecule has 0 fully saturated rings. The third-order valence-corrected chi connectivity index (χ3v) is 3.78. The highest BCUT2D eigenvalue weighted by atomic mass is 16.3. The molecule has 3 aromatic rings. The summed E-state index contributed by atoms with van der Waals surface area (Å²) in [6, 6.07) is 7.08. The fourth-order valence-corrected chi connectivity index (χ4v) is 2.76. The van der Waals surface area contributed by atoms with Crippen molar-refractivity contribution in [3.8, 4) is 0 Å². The molecule has 2 aromatic heterocycles. The van der Waals surface area contributed by atoms with Gasteiger partial charge in [0.25, 0.3) is 0 Å². The first-order chi connectivity index (χ1) is 10.2. The summed E-state index contributed by atoms with van der Waals surface area (Å²) in [5, 5.41) is 9.89. The first kappa shape index (κ1) is 11.9. The Balaban J connectivity index is 1.94. The highest BCUT2D eigenvalue weighted by molar-refractivity contribution is 5.94. The molecule has 1 unspecified atom stereocenters. The van der Waals surface area contributed by atoms with Gasteiger partial charge in [-0.1, -0.05) is 12.1 Å². The van der Waals surface area contributed by atoms with Crippen LogP contribution < -0.4 is 10.7 Å². The molecule has 0 spiro atoms. The molecule has 1 aliphatic heterocycles. The molecule has 4 rings (SSSR count). The summed E-state index contributed by atoms with van der Waals surface area (Å²) in [7, 11) is 0. The summed E-state index contributed by atoms with van der Waals surface area (Å²) in [6.45, 7) is 0. The summed E-state index contributed by atoms with van der Waals surface area (Å²) in [6.07, 6.45) is 3.29. The number of amides is 1. The van der Waals surface area contributed by atoms with Crippen molar-refractivity contribution in [3.05, 3.63) is 58.1 Å². The molecule has 6 nitrogen and oxygen atoms in total. The molecule has 0 saturated carbocycles. The summed E-state index contributed by atoms with van der Waals surface area (Å²) in [5.41, 5.74) is 1.71. The lowest BCUT2D eigenvalue weighted by molar-refractivity contribution is -0.116. The van der Waals surface area contributed by atoms with Gasteiger partial charge in [-0.05, 0) is 12.1 Å². The maximum atomic E-state index is 12.6. The van der Waals surface area contributed by atoms with Gasteiger partial charge in [0.2, 0.25) is 5.91 Å². The van der Waals surface area contributed by atoms with Crippen LogP contribution in [0.2, 0.25) is 0 Å². The molecule has 104 valence electrons. The molecule has 1 aromatic carbocycles. The van der Waals surface area contributed by atoms with E-state index < -0.39 is 0 Å². The predicted molar refractivity (Wildman–Crippen MR) is 76.2 cm³/mol. The van der Waals surface area contributed by atoms with Gasteiger partial charge in [-0.2, -0.15) is 5.10 Å². The Bertz CT molecular complexity index is 910. The number of aromatic amines is 1. The van der Waals surface area contributed by atoms with Gasteiger partial charge >= 0.3 is 0 Å². The number of carbonyl (C=O) groups excluding carboxylic acids is 1. The second-order valence-electron chi connectivity index (χ2n) is 5.02. The Morgan fingerprint density at radius 2 is 2.05 bits per heavy atom. The van der Waals surface area contributed by atoms with Crippen molar-refractivity contribution < 1.29 is 9.21 Å². The Kier molecular flexibility index (Phi) is 2.44. The molecule has 0 aliphatic carbocycles. The summed E-state index contributed by atoms with van der Waals surface area (Å²) in [4.78, 5) is 24.4. The topological polar surface area (TPSA) is 88.0 Å². The van der Waals surface area contributed by atoms with Crippen molar-refractivity contribution in [2.24, 2.45) is 0 Å². The van der Waals surface area contributed by atoms with Gasteiger partial charge in [0.05, 0.1) is 17.8 Å². The van der Waals surface area contributed by atoms with E-state index in [1.54, 1.807) is 24.4 Å². The third-order valence-electron chi connectivity index (χ3n) is 3.78. The van der Waals surface area contributed by atoms with Gasteiger partial charge in [-0.25, -0.2) is 0 Å². The predicted octanol–water partition coefficient (Wildman–Crippen LogP) is 1.99. The molecule has 0 saturated heterocycles. The molecular formula is C15H11N3O3. The number of hydrogen-bond donors (Lipinski definition) is 2. The number of benzene rings is 1. The molecule has 21 heavy (non-hydrogen) atoms. The molecule has 0 radical (unpaired) electrons. The van der Waals surface area contributed by atoms with Crippen molar-refractivity contribution in [3.63, 3.8) is 0 Å². The standard InChI is InChI=1S/C15H11N3O3/c19-13-5-9(10-6-16-18-15(10)17-13)11-7-21-12-4-2-1-3-8(12)14(11)20/h1-4,6-7,9H,5H2,(H2,16,17,18,19). The van der Waals surface area contributed by atoms with Crippen molar-refractivity contribution in [2.75, 3.05) is 5.32 Å². The zero-order chi connectivity index (χ0) is 14.4. The van der Waals surface area contributed by atoms with Crippen LogP contribution >= 0.6 is 0 Å². The zero-order valence-electron chi connectivity index (χ0n) is 10.9. The fourth-order valence-electron chi connectivity index (χ4n) is 2.76. The highest BCUT2D eigenvalue weighted by Crippen LogP contribution is 2.34. The number of H-pyrrole nitrogens is 1. The van der Waals surface area contributed by atoms with Crippen LogP contribution in [-0.4, -0.2) is 16.1 Å². The van der Waals surface area contributed by atoms with Crippen molar-refractivity contribution >= 4 is 22.7 Å². The van der Waals surface area contributed by atoms with E-state index in [1.807, 2.05) is 6.07 Å². The molecule has 3 heterocycles. The highest BCUT2D eigenvalue weighted by Gasteiger charge is 2.30. The second kappa shape index (κ2) is 4.31. The minimum atomic E-state index is -0.339. The Morgan fingerprint density at radius 1 is 1.19 bits per heavy atom. The average Bonchev–Trinajstić information content (AvgIpc) is 2.95. The molecular weight excluding hydrogens is 270 g/mol. The van der Waals surface area contributed by atoms with Crippen LogP contribution in [0.25, 0.3) is 11.0 Å². The molecule has 1 aliphatic rings. The van der Waals surface area contributed by atoms with E-state index in [9.17, 15) is 9.59 Å². The molecule has 2 N–H and O–H groups in total. The summed E-state index contributed by atoms with van der Waals surface area (Å²) < 4.78 is 5.54. The minimum Gasteiger partial charge on any atom is -0.464 e. The van der Waals surface area contributed by atoms with Gasteiger partial charge in [0.1, 0.15) is 11.4 Å². The van der Waals surface area contributed by atoms with E-state index in [2.05, 4.69) is 15.5 Å².